The molecule has 2 rings (SSSR count). The molecule has 4 N–H and O–H groups in total. The molecule has 1 aromatic rings. The maximum absolute atomic E-state index is 13.2. The van der Waals surface area contributed by atoms with Gasteiger partial charge in [-0.05, 0) is 49.8 Å². The smallest absolute Gasteiger partial charge is 0.289 e. The highest BCUT2D eigenvalue weighted by Crippen LogP contribution is 2.39. The summed E-state index contributed by atoms with van der Waals surface area (Å²) in [6, 6.07) is 4.64. The summed E-state index contributed by atoms with van der Waals surface area (Å²) in [6.07, 6.45) is 4.47. The first-order chi connectivity index (χ1) is 18.6. The lowest BCUT2D eigenvalue weighted by atomic mass is 9.99. The van der Waals surface area contributed by atoms with Gasteiger partial charge in [0, 0.05) is 35.4 Å². The van der Waals surface area contributed by atoms with Crippen LogP contribution < -0.4 is 21.3 Å². The molecule has 216 valence electrons. The first kappa shape index (κ1) is 33.0. The highest BCUT2D eigenvalue weighted by Gasteiger charge is 2.31. The van der Waals surface area contributed by atoms with E-state index in [9.17, 15) is 24.0 Å². The number of benzene rings is 1. The molecule has 39 heavy (non-hydrogen) atoms. The molecule has 1 aromatic carbocycles. The fourth-order valence-corrected chi connectivity index (χ4v) is 7.14. The Morgan fingerprint density at radius 2 is 1.72 bits per heavy atom. The molecule has 0 aromatic heterocycles. The number of Topliss-reactive ketones (excluding diaryl/α,β-unsaturated/α-hetero) is 1. The summed E-state index contributed by atoms with van der Waals surface area (Å²) in [5.74, 6) is -2.03. The summed E-state index contributed by atoms with van der Waals surface area (Å²) in [6.45, 7) is 5.21. The van der Waals surface area contributed by atoms with Gasteiger partial charge in [0.15, 0.2) is 0 Å². The van der Waals surface area contributed by atoms with Crippen LogP contribution in [0.1, 0.15) is 58.4 Å². The number of hydrogen-bond acceptors (Lipinski definition) is 7. The number of halogens is 1. The zero-order chi connectivity index (χ0) is 28.8. The Bertz CT molecular complexity index is 987. The lowest BCUT2D eigenvalue weighted by molar-refractivity contribution is -0.140. The normalized spacial score (nSPS) is 16.3. The highest BCUT2D eigenvalue weighted by molar-refractivity contribution is 8.77. The van der Waals surface area contributed by atoms with Gasteiger partial charge in [-0.3, -0.25) is 24.0 Å². The molecule has 0 aliphatic carbocycles. The zero-order valence-corrected chi connectivity index (χ0v) is 25.1. The third-order valence-electron chi connectivity index (χ3n) is 6.17. The lowest BCUT2D eigenvalue weighted by Gasteiger charge is -2.25. The van der Waals surface area contributed by atoms with Crippen molar-refractivity contribution in [2.75, 3.05) is 18.8 Å². The van der Waals surface area contributed by atoms with Gasteiger partial charge in [-0.15, -0.1) is 0 Å². The first-order valence-electron chi connectivity index (χ1n) is 13.3. The summed E-state index contributed by atoms with van der Waals surface area (Å²) in [5, 5.41) is 11.6. The number of nitrogens with one attached hydrogen (secondary N) is 4. The van der Waals surface area contributed by atoms with Crippen LogP contribution in [0.25, 0.3) is 0 Å². The zero-order valence-electron chi connectivity index (χ0n) is 22.7. The Balaban J connectivity index is 1.90. The number of likely N-dealkylation sites (N-methyl/N-ethyl adjacent to an activating group) is 1. The van der Waals surface area contributed by atoms with Crippen LogP contribution in [0.2, 0.25) is 5.02 Å². The number of carbonyl (C=O) groups is 5. The van der Waals surface area contributed by atoms with Crippen molar-refractivity contribution >= 4 is 62.6 Å². The molecule has 1 fully saturated rings. The predicted molar refractivity (Wildman–Crippen MR) is 157 cm³/mol. The van der Waals surface area contributed by atoms with Crippen molar-refractivity contribution in [3.63, 3.8) is 0 Å². The average molecular weight is 599 g/mol. The minimum atomic E-state index is -1.13. The SMILES string of the molecule is CCNC(=O)C(=O)[C@H](Cc1ccc(Cl)cc1)NC(=O)[C@@H](NC(=O)CNC(=O)CCCCC1CCSS1)C(C)C. The summed E-state index contributed by atoms with van der Waals surface area (Å²) in [7, 11) is 3.82. The predicted octanol–water partition coefficient (Wildman–Crippen LogP) is 3.04. The third kappa shape index (κ3) is 12.2. The van der Waals surface area contributed by atoms with Crippen LogP contribution in [-0.2, 0) is 30.4 Å². The Labute approximate surface area is 243 Å². The largest absolute Gasteiger partial charge is 0.350 e. The van der Waals surface area contributed by atoms with E-state index in [1.54, 1.807) is 45.0 Å². The van der Waals surface area contributed by atoms with Gasteiger partial charge in [0.05, 0.1) is 6.54 Å². The molecule has 1 saturated heterocycles. The van der Waals surface area contributed by atoms with Crippen molar-refractivity contribution in [3.8, 4) is 0 Å². The molecule has 4 amide bonds. The second-order valence-electron chi connectivity index (χ2n) is 9.76. The number of carbonyl (C=O) groups excluding carboxylic acids is 5. The quantitative estimate of drug-likeness (QED) is 0.131. The van der Waals surface area contributed by atoms with Gasteiger partial charge < -0.3 is 21.3 Å². The van der Waals surface area contributed by atoms with Crippen molar-refractivity contribution in [1.82, 2.24) is 21.3 Å². The van der Waals surface area contributed by atoms with E-state index >= 15 is 0 Å². The standard InChI is InChI=1S/C27H39ClN4O5S2/c1-4-29-27(37)25(35)21(15-18-9-11-19(28)12-10-18)31-26(36)24(17(2)3)32-23(34)16-30-22(33)8-6-5-7-20-13-14-38-39-20/h9-12,17,20-21,24H,4-8,13-16H2,1-3H3,(H,29,37)(H,30,33)(H,31,36)(H,32,34)/t20?,21-,24-/m0/s1. The first-order valence-corrected chi connectivity index (χ1v) is 16.1. The van der Waals surface area contributed by atoms with Crippen molar-refractivity contribution in [2.24, 2.45) is 5.92 Å². The monoisotopic (exact) mass is 598 g/mol. The Hall–Kier alpha value is -2.24. The minimum absolute atomic E-state index is 0.0754. The van der Waals surface area contributed by atoms with Crippen LogP contribution in [0.4, 0.5) is 0 Å². The minimum Gasteiger partial charge on any atom is -0.350 e. The third-order valence-corrected chi connectivity index (χ3v) is 9.42. The number of ketones is 1. The number of hydrogen-bond donors (Lipinski definition) is 4. The summed E-state index contributed by atoms with van der Waals surface area (Å²) < 4.78 is 0. The van der Waals surface area contributed by atoms with Crippen molar-refractivity contribution in [2.45, 2.75) is 76.6 Å². The van der Waals surface area contributed by atoms with Gasteiger partial charge in [0.1, 0.15) is 12.1 Å². The maximum atomic E-state index is 13.2. The van der Waals surface area contributed by atoms with Crippen LogP contribution in [0.15, 0.2) is 24.3 Å². The van der Waals surface area contributed by atoms with E-state index in [2.05, 4.69) is 21.3 Å². The van der Waals surface area contributed by atoms with Crippen LogP contribution in [0, 0.1) is 5.92 Å². The molecule has 1 aliphatic heterocycles. The van der Waals surface area contributed by atoms with Gasteiger partial charge in [0.2, 0.25) is 23.5 Å². The van der Waals surface area contributed by atoms with Gasteiger partial charge in [-0.2, -0.15) is 0 Å². The van der Waals surface area contributed by atoms with Crippen molar-refractivity contribution in [3.05, 3.63) is 34.9 Å². The topological polar surface area (TPSA) is 133 Å². The van der Waals surface area contributed by atoms with E-state index in [1.165, 1.54) is 12.2 Å². The molecule has 1 aliphatic rings. The molecular formula is C27H39ClN4O5S2. The maximum Gasteiger partial charge on any atom is 0.289 e. The second-order valence-corrected chi connectivity index (χ2v) is 13.0. The molecule has 0 bridgehead atoms. The molecule has 0 radical (unpaired) electrons. The van der Waals surface area contributed by atoms with Crippen molar-refractivity contribution < 1.29 is 24.0 Å². The molecule has 1 unspecified atom stereocenters. The van der Waals surface area contributed by atoms with Crippen LogP contribution >= 0.6 is 33.2 Å². The fraction of sp³-hybridized carbons (Fsp3) is 0.593. The van der Waals surface area contributed by atoms with Gasteiger partial charge >= 0.3 is 0 Å². The highest BCUT2D eigenvalue weighted by atomic mass is 35.5. The van der Waals surface area contributed by atoms with E-state index in [0.29, 0.717) is 22.3 Å². The molecule has 1 heterocycles. The molecule has 0 saturated carbocycles. The number of rotatable bonds is 16. The Kier molecular flexibility index (Phi) is 14.8. The molecular weight excluding hydrogens is 560 g/mol. The number of unbranched alkanes of at least 4 members (excludes halogenated alkanes) is 1. The van der Waals surface area contributed by atoms with E-state index in [0.717, 1.165) is 19.3 Å². The van der Waals surface area contributed by atoms with Gasteiger partial charge in [0.25, 0.3) is 5.91 Å². The van der Waals surface area contributed by atoms with Crippen molar-refractivity contribution in [1.29, 1.82) is 0 Å². The number of amides is 4. The Morgan fingerprint density at radius 3 is 2.33 bits per heavy atom. The van der Waals surface area contributed by atoms with E-state index in [1.807, 2.05) is 21.6 Å². The van der Waals surface area contributed by atoms with Gasteiger partial charge in [-0.25, -0.2) is 0 Å². The van der Waals surface area contributed by atoms with Crippen LogP contribution in [0.5, 0.6) is 0 Å². The van der Waals surface area contributed by atoms with E-state index in [4.69, 9.17) is 11.6 Å². The van der Waals surface area contributed by atoms with E-state index < -0.39 is 35.6 Å². The average Bonchev–Trinajstić information content (AvgIpc) is 3.42. The lowest BCUT2D eigenvalue weighted by Crippen LogP contribution is -2.57. The second kappa shape index (κ2) is 17.5. The summed E-state index contributed by atoms with van der Waals surface area (Å²) in [5.41, 5.74) is 0.705. The molecule has 0 spiro atoms. The van der Waals surface area contributed by atoms with Crippen LogP contribution in [-0.4, -0.2) is 65.6 Å². The fourth-order valence-electron chi connectivity index (χ4n) is 3.98. The Morgan fingerprint density at radius 1 is 1.00 bits per heavy atom. The van der Waals surface area contributed by atoms with E-state index in [-0.39, 0.29) is 31.3 Å². The summed E-state index contributed by atoms with van der Waals surface area (Å²) >= 11 is 5.94. The van der Waals surface area contributed by atoms with Gasteiger partial charge in [-0.1, -0.05) is 65.6 Å². The molecule has 9 nitrogen and oxygen atoms in total. The van der Waals surface area contributed by atoms with Crippen LogP contribution in [0.3, 0.4) is 0 Å². The molecule has 12 heteroatoms. The molecule has 3 atom stereocenters. The summed E-state index contributed by atoms with van der Waals surface area (Å²) in [4.78, 5) is 63.0.